The molecular weight excluding hydrogens is 222 g/mol. The molecule has 0 aromatic carbocycles. The molecule has 2 aliphatic rings. The molecule has 0 amide bonds. The maximum Gasteiger partial charge on any atom is 0.179 e. The second-order valence-corrected chi connectivity index (χ2v) is 5.10. The average Bonchev–Trinajstić information content (AvgIpc) is 2.20. The van der Waals surface area contributed by atoms with Crippen LogP contribution < -0.4 is 0 Å². The van der Waals surface area contributed by atoms with Gasteiger partial charge in [-0.1, -0.05) is 0 Å². The Kier molecular flexibility index (Phi) is 3.12. The van der Waals surface area contributed by atoms with Gasteiger partial charge in [0.05, 0.1) is 0 Å². The molecule has 0 radical (unpaired) electrons. The molecule has 0 saturated heterocycles. The molecule has 0 aromatic rings. The van der Waals surface area contributed by atoms with Crippen molar-refractivity contribution in [2.45, 2.75) is 27.7 Å². The van der Waals surface area contributed by atoms with Gasteiger partial charge < -0.3 is 4.90 Å². The van der Waals surface area contributed by atoms with E-state index >= 15 is 0 Å². The van der Waals surface area contributed by atoms with E-state index in [1.807, 2.05) is 20.9 Å². The molecule has 0 N–H and O–H groups in total. The highest BCUT2D eigenvalue weighted by Gasteiger charge is 2.20. The van der Waals surface area contributed by atoms with Crippen LogP contribution in [0.15, 0.2) is 58.0 Å². The van der Waals surface area contributed by atoms with Crippen LogP contribution in [0.2, 0.25) is 0 Å². The lowest BCUT2D eigenvalue weighted by Gasteiger charge is -2.26. The third-order valence-electron chi connectivity index (χ3n) is 3.34. The summed E-state index contributed by atoms with van der Waals surface area (Å²) in [5.41, 5.74) is 7.04. The van der Waals surface area contributed by atoms with Crippen molar-refractivity contribution in [2.75, 3.05) is 7.05 Å². The fourth-order valence-corrected chi connectivity index (χ4v) is 2.80. The summed E-state index contributed by atoms with van der Waals surface area (Å²) in [4.78, 5) is 13.6. The molecule has 2 rings (SSSR count). The Morgan fingerprint density at radius 1 is 0.778 bits per heavy atom. The summed E-state index contributed by atoms with van der Waals surface area (Å²) in [6, 6.07) is 0. The SMILES string of the molecule is CC1=CC(=O)C=C(C)C1=C1C(C)=CN(C)C=C1C. The molecule has 0 aromatic heterocycles. The quantitative estimate of drug-likeness (QED) is 0.647. The predicted octanol–water partition coefficient (Wildman–Crippen LogP) is 3.51. The standard InChI is InChI=1S/C16H19NO/c1-10-6-14(18)7-11(2)15(10)16-12(3)8-17(5)9-13(16)4/h6-9H,1-5H3. The van der Waals surface area contributed by atoms with Gasteiger partial charge in [-0.15, -0.1) is 0 Å². The number of allylic oxidation sites excluding steroid dienone is 8. The van der Waals surface area contributed by atoms with Crippen LogP contribution in [0, 0.1) is 0 Å². The summed E-state index contributed by atoms with van der Waals surface area (Å²) >= 11 is 0. The lowest BCUT2D eigenvalue weighted by Crippen LogP contribution is -2.13. The van der Waals surface area contributed by atoms with Crippen LogP contribution in [0.1, 0.15) is 27.7 Å². The fourth-order valence-electron chi connectivity index (χ4n) is 2.80. The van der Waals surface area contributed by atoms with Gasteiger partial charge in [0.25, 0.3) is 0 Å². The lowest BCUT2D eigenvalue weighted by atomic mass is 9.83. The Hall–Kier alpha value is -1.83. The van der Waals surface area contributed by atoms with Gasteiger partial charge in [0, 0.05) is 19.4 Å². The summed E-state index contributed by atoms with van der Waals surface area (Å²) in [5.74, 6) is 0.0885. The first-order chi connectivity index (χ1) is 8.40. The van der Waals surface area contributed by atoms with Gasteiger partial charge in [-0.25, -0.2) is 0 Å². The van der Waals surface area contributed by atoms with E-state index < -0.39 is 0 Å². The molecule has 0 bridgehead atoms. The van der Waals surface area contributed by atoms with Crippen molar-refractivity contribution in [2.24, 2.45) is 0 Å². The summed E-state index contributed by atoms with van der Waals surface area (Å²) < 4.78 is 0. The Labute approximate surface area is 109 Å². The summed E-state index contributed by atoms with van der Waals surface area (Å²) in [6.45, 7) is 8.25. The van der Waals surface area contributed by atoms with Crippen molar-refractivity contribution in [3.8, 4) is 0 Å². The minimum Gasteiger partial charge on any atom is -0.357 e. The van der Waals surface area contributed by atoms with E-state index in [0.717, 1.165) is 11.1 Å². The van der Waals surface area contributed by atoms with Crippen molar-refractivity contribution in [3.05, 3.63) is 58.0 Å². The van der Waals surface area contributed by atoms with Gasteiger partial charge in [-0.3, -0.25) is 4.79 Å². The first-order valence-electron chi connectivity index (χ1n) is 6.15. The van der Waals surface area contributed by atoms with Gasteiger partial charge in [0.2, 0.25) is 0 Å². The number of hydrogen-bond donors (Lipinski definition) is 0. The molecule has 2 nitrogen and oxygen atoms in total. The van der Waals surface area contributed by atoms with Crippen LogP contribution in [0.25, 0.3) is 0 Å². The van der Waals surface area contributed by atoms with Gasteiger partial charge in [0.1, 0.15) is 0 Å². The van der Waals surface area contributed by atoms with Gasteiger partial charge >= 0.3 is 0 Å². The van der Waals surface area contributed by atoms with Gasteiger partial charge in [-0.2, -0.15) is 0 Å². The minimum absolute atomic E-state index is 0.0885. The third-order valence-corrected chi connectivity index (χ3v) is 3.34. The van der Waals surface area contributed by atoms with Gasteiger partial charge in [-0.05, 0) is 73.3 Å². The zero-order valence-corrected chi connectivity index (χ0v) is 11.7. The van der Waals surface area contributed by atoms with Crippen molar-refractivity contribution >= 4 is 5.78 Å². The van der Waals surface area contributed by atoms with E-state index in [-0.39, 0.29) is 5.78 Å². The molecule has 2 heteroatoms. The normalized spacial score (nSPS) is 20.5. The van der Waals surface area contributed by atoms with Gasteiger partial charge in [0.15, 0.2) is 5.78 Å². The molecule has 0 saturated carbocycles. The van der Waals surface area contributed by atoms with Crippen molar-refractivity contribution in [1.82, 2.24) is 4.90 Å². The smallest absolute Gasteiger partial charge is 0.179 e. The molecule has 0 spiro atoms. The van der Waals surface area contributed by atoms with Crippen LogP contribution in [0.3, 0.4) is 0 Å². The van der Waals surface area contributed by atoms with Crippen LogP contribution in [-0.4, -0.2) is 17.7 Å². The summed E-state index contributed by atoms with van der Waals surface area (Å²) in [5, 5.41) is 0. The molecule has 0 fully saturated rings. The number of carbonyl (C=O) groups excluding carboxylic acids is 1. The third kappa shape index (κ3) is 2.10. The van der Waals surface area contributed by atoms with Crippen LogP contribution in [0.4, 0.5) is 0 Å². The molecule has 0 atom stereocenters. The number of carbonyl (C=O) groups is 1. The van der Waals surface area contributed by atoms with Crippen LogP contribution >= 0.6 is 0 Å². The predicted molar refractivity (Wildman–Crippen MR) is 74.8 cm³/mol. The average molecular weight is 241 g/mol. The van der Waals surface area contributed by atoms with E-state index in [9.17, 15) is 4.79 Å². The molecule has 1 aliphatic carbocycles. The Morgan fingerprint density at radius 3 is 1.61 bits per heavy atom. The van der Waals surface area contributed by atoms with E-state index in [1.54, 1.807) is 12.2 Å². The second kappa shape index (κ2) is 4.45. The van der Waals surface area contributed by atoms with Crippen molar-refractivity contribution in [3.63, 3.8) is 0 Å². The molecule has 18 heavy (non-hydrogen) atoms. The number of ketones is 1. The topological polar surface area (TPSA) is 20.3 Å². The largest absolute Gasteiger partial charge is 0.357 e. The Balaban J connectivity index is 2.65. The van der Waals surface area contributed by atoms with E-state index in [0.29, 0.717) is 0 Å². The Morgan fingerprint density at radius 2 is 1.17 bits per heavy atom. The fraction of sp³-hybridized carbons (Fsp3) is 0.312. The highest BCUT2D eigenvalue weighted by Crippen LogP contribution is 2.35. The molecule has 1 aliphatic heterocycles. The molecule has 1 heterocycles. The highest BCUT2D eigenvalue weighted by atomic mass is 16.1. The van der Waals surface area contributed by atoms with E-state index in [1.165, 1.54) is 22.3 Å². The number of nitrogens with zero attached hydrogens (tertiary/aromatic N) is 1. The second-order valence-electron chi connectivity index (χ2n) is 5.10. The molecule has 0 unspecified atom stereocenters. The van der Waals surface area contributed by atoms with Crippen molar-refractivity contribution < 1.29 is 4.79 Å². The highest BCUT2D eigenvalue weighted by molar-refractivity contribution is 6.03. The molecular formula is C16H19NO. The molecule has 94 valence electrons. The minimum atomic E-state index is 0.0885. The first kappa shape index (κ1) is 12.6. The maximum absolute atomic E-state index is 11.5. The monoisotopic (exact) mass is 241 g/mol. The van der Waals surface area contributed by atoms with Crippen molar-refractivity contribution in [1.29, 1.82) is 0 Å². The van der Waals surface area contributed by atoms with E-state index in [4.69, 9.17) is 0 Å². The number of hydrogen-bond acceptors (Lipinski definition) is 2. The van der Waals surface area contributed by atoms with Crippen LogP contribution in [-0.2, 0) is 4.79 Å². The summed E-state index contributed by atoms with van der Waals surface area (Å²) in [6.07, 6.45) is 7.67. The lowest BCUT2D eigenvalue weighted by molar-refractivity contribution is -0.110. The number of rotatable bonds is 0. The zero-order valence-electron chi connectivity index (χ0n) is 11.7. The first-order valence-corrected chi connectivity index (χ1v) is 6.15. The maximum atomic E-state index is 11.5. The zero-order chi connectivity index (χ0) is 13.4. The summed E-state index contributed by atoms with van der Waals surface area (Å²) in [7, 11) is 2.03. The van der Waals surface area contributed by atoms with E-state index in [2.05, 4.69) is 31.1 Å². The Bertz CT molecular complexity index is 522. The van der Waals surface area contributed by atoms with Crippen LogP contribution in [0.5, 0.6) is 0 Å².